The molecule has 2 aliphatic carbocycles. The summed E-state index contributed by atoms with van der Waals surface area (Å²) in [5.41, 5.74) is 0.528. The molecule has 3 aromatic rings. The van der Waals surface area contributed by atoms with Gasteiger partial charge in [-0.1, -0.05) is 29.8 Å². The molecule has 5 rings (SSSR count). The number of nitrogens with one attached hydrogen (secondary N) is 2. The Balaban J connectivity index is 1.37. The minimum Gasteiger partial charge on any atom is -0.385 e. The van der Waals surface area contributed by atoms with Crippen LogP contribution in [0.5, 0.6) is 0 Å². The first-order valence-corrected chi connectivity index (χ1v) is 10.7. The van der Waals surface area contributed by atoms with Crippen molar-refractivity contribution in [3.8, 4) is 0 Å². The van der Waals surface area contributed by atoms with E-state index in [-0.39, 0.29) is 22.8 Å². The average Bonchev–Trinajstić information content (AvgIpc) is 3.02. The maximum Gasteiger partial charge on any atom is 0.240 e. The molecule has 6 nitrogen and oxygen atoms in total. The molecule has 0 saturated heterocycles. The van der Waals surface area contributed by atoms with E-state index in [0.717, 1.165) is 16.5 Å². The summed E-state index contributed by atoms with van der Waals surface area (Å²) in [6, 6.07) is 11.8. The zero-order valence-electron chi connectivity index (χ0n) is 14.3. The van der Waals surface area contributed by atoms with Gasteiger partial charge in [-0.2, -0.15) is 5.10 Å². The van der Waals surface area contributed by atoms with Crippen molar-refractivity contribution in [2.75, 3.05) is 0 Å². The number of H-pyrrole nitrogens is 1. The molecule has 2 saturated carbocycles. The van der Waals surface area contributed by atoms with Crippen LogP contribution in [0.1, 0.15) is 18.4 Å². The van der Waals surface area contributed by atoms with Crippen molar-refractivity contribution in [2.24, 2.45) is 11.8 Å². The van der Waals surface area contributed by atoms with Gasteiger partial charge >= 0.3 is 0 Å². The predicted molar refractivity (Wildman–Crippen MR) is 102 cm³/mol. The van der Waals surface area contributed by atoms with Crippen LogP contribution in [0.4, 0.5) is 0 Å². The van der Waals surface area contributed by atoms with Crippen LogP contribution in [-0.4, -0.2) is 29.8 Å². The number of hydrogen-bond donors (Lipinski definition) is 3. The zero-order valence-corrected chi connectivity index (χ0v) is 15.8. The van der Waals surface area contributed by atoms with E-state index in [4.69, 9.17) is 11.6 Å². The standard InChI is InChI=1S/C19H18ClN3O3S/c20-11-6-16(15-10-21-22-17(15)7-11)19(24)8-13-14(9-19)18(13)23-27(25,26)12-4-2-1-3-5-12/h1-7,10,13-14,18,23-24H,8-9H2,(H,21,22)/t13-,14+,18+,19-. The monoisotopic (exact) mass is 403 g/mol. The first kappa shape index (κ1) is 17.2. The second kappa shape index (κ2) is 5.78. The highest BCUT2D eigenvalue weighted by Crippen LogP contribution is 2.60. The fourth-order valence-corrected chi connectivity index (χ4v) is 6.09. The lowest BCUT2D eigenvalue weighted by Crippen LogP contribution is -2.33. The van der Waals surface area contributed by atoms with Crippen LogP contribution in [0.2, 0.25) is 5.02 Å². The Labute approximate surface area is 161 Å². The molecule has 0 bridgehead atoms. The maximum atomic E-state index is 12.5. The number of benzene rings is 2. The smallest absolute Gasteiger partial charge is 0.240 e. The molecule has 0 amide bonds. The Morgan fingerprint density at radius 3 is 2.59 bits per heavy atom. The Hall–Kier alpha value is -1.93. The van der Waals surface area contributed by atoms with Crippen LogP contribution >= 0.6 is 11.6 Å². The van der Waals surface area contributed by atoms with E-state index < -0.39 is 15.6 Å². The number of hydrogen-bond acceptors (Lipinski definition) is 4. The van der Waals surface area contributed by atoms with Crippen LogP contribution in [0, 0.1) is 11.8 Å². The molecule has 27 heavy (non-hydrogen) atoms. The van der Waals surface area contributed by atoms with Crippen LogP contribution in [-0.2, 0) is 15.6 Å². The van der Waals surface area contributed by atoms with Gasteiger partial charge in [0.2, 0.25) is 10.0 Å². The van der Waals surface area contributed by atoms with Crippen molar-refractivity contribution in [2.45, 2.75) is 29.4 Å². The second-order valence-electron chi connectivity index (χ2n) is 7.51. The van der Waals surface area contributed by atoms with Crippen LogP contribution < -0.4 is 4.72 Å². The lowest BCUT2D eigenvalue weighted by molar-refractivity contribution is 0.0303. The third kappa shape index (κ3) is 2.77. The predicted octanol–water partition coefficient (Wildman–Crippen LogP) is 2.79. The number of halogens is 1. The number of aromatic amines is 1. The van der Waals surface area contributed by atoms with Gasteiger partial charge in [0, 0.05) is 16.5 Å². The molecule has 2 fully saturated rings. The molecule has 1 aromatic heterocycles. The van der Waals surface area contributed by atoms with Crippen molar-refractivity contribution in [1.82, 2.24) is 14.9 Å². The van der Waals surface area contributed by atoms with Crippen molar-refractivity contribution in [3.63, 3.8) is 0 Å². The quantitative estimate of drug-likeness (QED) is 0.624. The highest BCUT2D eigenvalue weighted by Gasteiger charge is 2.62. The number of rotatable bonds is 4. The fraction of sp³-hybridized carbons (Fsp3) is 0.316. The van der Waals surface area contributed by atoms with Gasteiger partial charge in [-0.25, -0.2) is 13.1 Å². The molecular weight excluding hydrogens is 386 g/mol. The number of aromatic nitrogens is 2. The molecule has 0 unspecified atom stereocenters. The highest BCUT2D eigenvalue weighted by molar-refractivity contribution is 7.89. The zero-order chi connectivity index (χ0) is 18.8. The van der Waals surface area contributed by atoms with Crippen molar-refractivity contribution in [3.05, 3.63) is 59.2 Å². The van der Waals surface area contributed by atoms with Gasteiger partial charge in [-0.05, 0) is 54.5 Å². The molecule has 0 spiro atoms. The molecular formula is C19H18ClN3O3S. The van der Waals surface area contributed by atoms with Gasteiger partial charge in [0.1, 0.15) is 0 Å². The SMILES string of the molecule is O=S(=O)(N[C@H]1[C@@H]2C[C@](O)(c3cc(Cl)cc4[nH]ncc34)C[C@@H]21)c1ccccc1. The Morgan fingerprint density at radius 1 is 1.19 bits per heavy atom. The van der Waals surface area contributed by atoms with E-state index in [1.807, 2.05) is 0 Å². The average molecular weight is 404 g/mol. The number of fused-ring (bicyclic) bond motifs is 2. The normalized spacial score (nSPS) is 29.8. The molecule has 0 radical (unpaired) electrons. The lowest BCUT2D eigenvalue weighted by Gasteiger charge is -2.27. The molecule has 0 aliphatic heterocycles. The van der Waals surface area contributed by atoms with E-state index in [0.29, 0.717) is 17.9 Å². The molecule has 2 aliphatic rings. The summed E-state index contributed by atoms with van der Waals surface area (Å²) < 4.78 is 27.9. The Kier molecular flexibility index (Phi) is 3.68. The molecule has 2 aromatic carbocycles. The van der Waals surface area contributed by atoms with E-state index in [2.05, 4.69) is 14.9 Å². The molecule has 4 atom stereocenters. The summed E-state index contributed by atoms with van der Waals surface area (Å²) >= 11 is 6.20. The number of sulfonamides is 1. The summed E-state index contributed by atoms with van der Waals surface area (Å²) in [5.74, 6) is 0.240. The minimum absolute atomic E-state index is 0.120. The topological polar surface area (TPSA) is 95.1 Å². The second-order valence-corrected chi connectivity index (χ2v) is 9.66. The lowest BCUT2D eigenvalue weighted by atomic mass is 9.86. The van der Waals surface area contributed by atoms with Crippen LogP contribution in [0.25, 0.3) is 10.9 Å². The third-order valence-electron chi connectivity index (χ3n) is 5.85. The van der Waals surface area contributed by atoms with E-state index >= 15 is 0 Å². The van der Waals surface area contributed by atoms with Crippen molar-refractivity contribution >= 4 is 32.5 Å². The van der Waals surface area contributed by atoms with Gasteiger partial charge in [0.25, 0.3) is 0 Å². The van der Waals surface area contributed by atoms with Crippen LogP contribution in [0.3, 0.4) is 0 Å². The number of aliphatic hydroxyl groups is 1. The van der Waals surface area contributed by atoms with Gasteiger partial charge in [0.15, 0.2) is 0 Å². The number of nitrogens with zero attached hydrogens (tertiary/aromatic N) is 1. The van der Waals surface area contributed by atoms with Crippen LogP contribution in [0.15, 0.2) is 53.6 Å². The summed E-state index contributed by atoms with van der Waals surface area (Å²) in [6.07, 6.45) is 2.69. The summed E-state index contributed by atoms with van der Waals surface area (Å²) in [5, 5.41) is 19.6. The van der Waals surface area contributed by atoms with E-state index in [9.17, 15) is 13.5 Å². The largest absolute Gasteiger partial charge is 0.385 e. The Bertz CT molecular complexity index is 1120. The fourth-order valence-electron chi connectivity index (χ4n) is 4.51. The summed E-state index contributed by atoms with van der Waals surface area (Å²) in [7, 11) is -3.54. The molecule has 1 heterocycles. The molecule has 140 valence electrons. The van der Waals surface area contributed by atoms with E-state index in [1.54, 1.807) is 48.7 Å². The first-order chi connectivity index (χ1) is 12.9. The molecule has 3 N–H and O–H groups in total. The first-order valence-electron chi connectivity index (χ1n) is 8.80. The van der Waals surface area contributed by atoms with E-state index in [1.165, 1.54) is 0 Å². The van der Waals surface area contributed by atoms with Gasteiger partial charge in [-0.3, -0.25) is 5.10 Å². The molecule has 8 heteroatoms. The Morgan fingerprint density at radius 2 is 1.89 bits per heavy atom. The van der Waals surface area contributed by atoms with Gasteiger partial charge in [0.05, 0.1) is 22.2 Å². The summed E-state index contributed by atoms with van der Waals surface area (Å²) in [4.78, 5) is 0.264. The highest BCUT2D eigenvalue weighted by atomic mass is 35.5. The van der Waals surface area contributed by atoms with Crippen molar-refractivity contribution in [1.29, 1.82) is 0 Å². The maximum absolute atomic E-state index is 12.5. The van der Waals surface area contributed by atoms with Gasteiger partial charge < -0.3 is 5.11 Å². The van der Waals surface area contributed by atoms with Gasteiger partial charge in [-0.15, -0.1) is 0 Å². The summed E-state index contributed by atoms with van der Waals surface area (Å²) in [6.45, 7) is 0. The minimum atomic E-state index is -3.54. The third-order valence-corrected chi connectivity index (χ3v) is 7.54. The van der Waals surface area contributed by atoms with Crippen molar-refractivity contribution < 1.29 is 13.5 Å².